The van der Waals surface area contributed by atoms with Gasteiger partial charge in [-0.1, -0.05) is 0 Å². The normalized spacial score (nSPS) is 12.2. The number of methoxy groups -OCH3 is 1. The van der Waals surface area contributed by atoms with Gasteiger partial charge < -0.3 is 9.47 Å². The highest BCUT2D eigenvalue weighted by atomic mass is 79.9. The second kappa shape index (κ2) is 6.01. The van der Waals surface area contributed by atoms with Crippen molar-refractivity contribution in [1.82, 2.24) is 0 Å². The number of ketones is 1. The molecule has 0 heterocycles. The highest BCUT2D eigenvalue weighted by Gasteiger charge is 2.09. The van der Waals surface area contributed by atoms with E-state index in [0.29, 0.717) is 12.2 Å². The summed E-state index contributed by atoms with van der Waals surface area (Å²) in [4.78, 5) is 11.2. The Morgan fingerprint density at radius 3 is 2.69 bits per heavy atom. The molecule has 1 unspecified atom stereocenters. The zero-order chi connectivity index (χ0) is 12.1. The van der Waals surface area contributed by atoms with Crippen molar-refractivity contribution in [2.75, 3.05) is 13.7 Å². The minimum absolute atomic E-state index is 0.0236. The van der Waals surface area contributed by atoms with E-state index in [9.17, 15) is 4.79 Å². The predicted molar refractivity (Wildman–Crippen MR) is 66.1 cm³/mol. The summed E-state index contributed by atoms with van der Waals surface area (Å²) in [6.45, 7) is 3.99. The number of halogens is 1. The fraction of sp³-hybridized carbons (Fsp3) is 0.417. The first-order chi connectivity index (χ1) is 7.54. The Balaban J connectivity index is 2.79. The van der Waals surface area contributed by atoms with E-state index in [0.717, 1.165) is 10.2 Å². The topological polar surface area (TPSA) is 35.5 Å². The fourth-order valence-corrected chi connectivity index (χ4v) is 1.77. The van der Waals surface area contributed by atoms with Gasteiger partial charge in [0.2, 0.25) is 0 Å². The van der Waals surface area contributed by atoms with Gasteiger partial charge in [0, 0.05) is 12.7 Å². The zero-order valence-corrected chi connectivity index (χ0v) is 11.2. The summed E-state index contributed by atoms with van der Waals surface area (Å²) in [5.74, 6) is 0.756. The summed E-state index contributed by atoms with van der Waals surface area (Å²) in [5.41, 5.74) is 0.665. The van der Waals surface area contributed by atoms with Crippen LogP contribution in [0.25, 0.3) is 0 Å². The molecular weight excluding hydrogens is 272 g/mol. The molecule has 0 fully saturated rings. The molecular formula is C12H15BrO3. The standard InChI is InChI=1S/C12H15BrO3/c1-8(7-15-3)16-12-5-4-10(9(2)14)6-11(12)13/h4-6,8H,7H2,1-3H3. The van der Waals surface area contributed by atoms with Gasteiger partial charge >= 0.3 is 0 Å². The number of hydrogen-bond acceptors (Lipinski definition) is 3. The summed E-state index contributed by atoms with van der Waals surface area (Å²) in [5, 5.41) is 0. The van der Waals surface area contributed by atoms with Gasteiger partial charge in [-0.25, -0.2) is 0 Å². The third-order valence-electron chi connectivity index (χ3n) is 2.07. The van der Waals surface area contributed by atoms with Crippen molar-refractivity contribution in [2.24, 2.45) is 0 Å². The summed E-state index contributed by atoms with van der Waals surface area (Å²) >= 11 is 3.38. The minimum atomic E-state index is -0.0236. The Kier molecular flexibility index (Phi) is 4.96. The van der Waals surface area contributed by atoms with Gasteiger partial charge in [-0.15, -0.1) is 0 Å². The van der Waals surface area contributed by atoms with E-state index >= 15 is 0 Å². The average Bonchev–Trinajstić information content (AvgIpc) is 2.21. The van der Waals surface area contributed by atoms with Crippen molar-refractivity contribution >= 4 is 21.7 Å². The smallest absolute Gasteiger partial charge is 0.159 e. The van der Waals surface area contributed by atoms with Crippen molar-refractivity contribution < 1.29 is 14.3 Å². The van der Waals surface area contributed by atoms with Crippen LogP contribution in [0.2, 0.25) is 0 Å². The first-order valence-corrected chi connectivity index (χ1v) is 5.80. The van der Waals surface area contributed by atoms with Gasteiger partial charge in [-0.05, 0) is 48.0 Å². The molecule has 1 aromatic rings. The molecule has 4 heteroatoms. The fourth-order valence-electron chi connectivity index (χ4n) is 1.30. The van der Waals surface area contributed by atoms with Gasteiger partial charge in [-0.2, -0.15) is 0 Å². The second-order valence-electron chi connectivity index (χ2n) is 3.59. The number of rotatable bonds is 5. The van der Waals surface area contributed by atoms with Gasteiger partial charge in [0.05, 0.1) is 11.1 Å². The number of hydrogen-bond donors (Lipinski definition) is 0. The summed E-state index contributed by atoms with van der Waals surface area (Å²) in [7, 11) is 1.63. The Morgan fingerprint density at radius 2 is 2.19 bits per heavy atom. The first kappa shape index (κ1) is 13.2. The third kappa shape index (κ3) is 3.61. The molecule has 0 amide bonds. The van der Waals surface area contributed by atoms with Crippen molar-refractivity contribution in [3.8, 4) is 5.75 Å². The lowest BCUT2D eigenvalue weighted by Crippen LogP contribution is -2.18. The number of ether oxygens (including phenoxy) is 2. The largest absolute Gasteiger partial charge is 0.487 e. The molecule has 0 saturated carbocycles. The van der Waals surface area contributed by atoms with Crippen LogP contribution in [0, 0.1) is 0 Å². The van der Waals surface area contributed by atoms with Crippen LogP contribution in [-0.2, 0) is 4.74 Å². The van der Waals surface area contributed by atoms with Crippen LogP contribution in [-0.4, -0.2) is 25.6 Å². The van der Waals surface area contributed by atoms with E-state index in [1.807, 2.05) is 6.92 Å². The van der Waals surface area contributed by atoms with Crippen LogP contribution in [0.15, 0.2) is 22.7 Å². The molecule has 3 nitrogen and oxygen atoms in total. The molecule has 1 rings (SSSR count). The molecule has 1 atom stereocenters. The van der Waals surface area contributed by atoms with Gasteiger partial charge in [0.1, 0.15) is 11.9 Å². The van der Waals surface area contributed by atoms with Crippen molar-refractivity contribution in [3.63, 3.8) is 0 Å². The Labute approximate surface area is 104 Å². The van der Waals surface area contributed by atoms with Crippen molar-refractivity contribution in [2.45, 2.75) is 20.0 Å². The molecule has 88 valence electrons. The van der Waals surface area contributed by atoms with Crippen LogP contribution in [0.4, 0.5) is 0 Å². The molecule has 0 aliphatic carbocycles. The Bertz CT molecular complexity index is 377. The molecule has 0 radical (unpaired) electrons. The average molecular weight is 287 g/mol. The van der Waals surface area contributed by atoms with E-state index in [-0.39, 0.29) is 11.9 Å². The second-order valence-corrected chi connectivity index (χ2v) is 4.44. The van der Waals surface area contributed by atoms with Crippen molar-refractivity contribution in [3.05, 3.63) is 28.2 Å². The van der Waals surface area contributed by atoms with Gasteiger partial charge in [0.15, 0.2) is 5.78 Å². The number of Topliss-reactive ketones (excluding diaryl/α,β-unsaturated/α-hetero) is 1. The van der Waals surface area contributed by atoms with Crippen LogP contribution in [0.5, 0.6) is 5.75 Å². The summed E-state index contributed by atoms with van der Waals surface area (Å²) in [6.07, 6.45) is -0.0236. The molecule has 16 heavy (non-hydrogen) atoms. The lowest BCUT2D eigenvalue weighted by atomic mass is 10.1. The van der Waals surface area contributed by atoms with Crippen LogP contribution >= 0.6 is 15.9 Å². The van der Waals surface area contributed by atoms with E-state index < -0.39 is 0 Å². The highest BCUT2D eigenvalue weighted by Crippen LogP contribution is 2.27. The maximum Gasteiger partial charge on any atom is 0.159 e. The minimum Gasteiger partial charge on any atom is -0.487 e. The monoisotopic (exact) mass is 286 g/mol. The SMILES string of the molecule is COCC(C)Oc1ccc(C(C)=O)cc1Br. The number of carbonyl (C=O) groups is 1. The lowest BCUT2D eigenvalue weighted by molar-refractivity contribution is 0.0915. The Hall–Kier alpha value is -0.870. The molecule has 1 aromatic carbocycles. The maximum atomic E-state index is 11.2. The van der Waals surface area contributed by atoms with Crippen LogP contribution in [0.1, 0.15) is 24.2 Å². The zero-order valence-electron chi connectivity index (χ0n) is 9.62. The van der Waals surface area contributed by atoms with Crippen LogP contribution in [0.3, 0.4) is 0 Å². The molecule has 0 aliphatic heterocycles. The van der Waals surface area contributed by atoms with E-state index in [2.05, 4.69) is 15.9 Å². The third-order valence-corrected chi connectivity index (χ3v) is 2.69. The summed E-state index contributed by atoms with van der Waals surface area (Å²) in [6, 6.07) is 5.30. The van der Waals surface area contributed by atoms with Gasteiger partial charge in [0.25, 0.3) is 0 Å². The van der Waals surface area contributed by atoms with E-state index in [1.54, 1.807) is 25.3 Å². The number of benzene rings is 1. The number of carbonyl (C=O) groups excluding carboxylic acids is 1. The van der Waals surface area contributed by atoms with Gasteiger partial charge in [-0.3, -0.25) is 4.79 Å². The highest BCUT2D eigenvalue weighted by molar-refractivity contribution is 9.10. The summed E-state index contributed by atoms with van der Waals surface area (Å²) < 4.78 is 11.4. The van der Waals surface area contributed by atoms with Crippen molar-refractivity contribution in [1.29, 1.82) is 0 Å². The lowest BCUT2D eigenvalue weighted by Gasteiger charge is -2.15. The van der Waals surface area contributed by atoms with E-state index in [4.69, 9.17) is 9.47 Å². The molecule has 0 bridgehead atoms. The molecule has 0 saturated heterocycles. The van der Waals surface area contributed by atoms with E-state index in [1.165, 1.54) is 6.92 Å². The molecule has 0 spiro atoms. The first-order valence-electron chi connectivity index (χ1n) is 5.00. The molecule has 0 aromatic heterocycles. The Morgan fingerprint density at radius 1 is 1.50 bits per heavy atom. The predicted octanol–water partition coefficient (Wildman–Crippen LogP) is 3.07. The molecule has 0 aliphatic rings. The van der Waals surface area contributed by atoms with Crippen LogP contribution < -0.4 is 4.74 Å². The quantitative estimate of drug-likeness (QED) is 0.781. The molecule has 0 N–H and O–H groups in total. The maximum absolute atomic E-state index is 11.2.